The van der Waals surface area contributed by atoms with Crippen LogP contribution in [0.25, 0.3) is 0 Å². The quantitative estimate of drug-likeness (QED) is 0.876. The molecule has 0 radical (unpaired) electrons. The highest BCUT2D eigenvalue weighted by molar-refractivity contribution is 5.69. The molecule has 1 fully saturated rings. The first-order valence-electron chi connectivity index (χ1n) is 6.40. The monoisotopic (exact) mass is 248 g/mol. The molecule has 1 aromatic rings. The maximum atomic E-state index is 10.6. The number of hydrogen-bond acceptors (Lipinski definition) is 3. The highest BCUT2D eigenvalue weighted by atomic mass is 16.4. The number of carboxylic acids is 1. The van der Waals surface area contributed by atoms with Crippen LogP contribution in [0.5, 0.6) is 0 Å². The maximum absolute atomic E-state index is 10.6. The van der Waals surface area contributed by atoms with Gasteiger partial charge in [-0.2, -0.15) is 0 Å². The SMILES string of the molecule is CC(c1ccccc1)N1CCN(CC(=O)O)CC1. The van der Waals surface area contributed by atoms with Crippen molar-refractivity contribution in [3.63, 3.8) is 0 Å². The van der Waals surface area contributed by atoms with E-state index in [0.29, 0.717) is 6.04 Å². The summed E-state index contributed by atoms with van der Waals surface area (Å²) in [6.07, 6.45) is 0. The van der Waals surface area contributed by atoms with Crippen molar-refractivity contribution in [2.45, 2.75) is 13.0 Å². The molecule has 18 heavy (non-hydrogen) atoms. The van der Waals surface area contributed by atoms with Crippen LogP contribution in [0.4, 0.5) is 0 Å². The lowest BCUT2D eigenvalue weighted by molar-refractivity contribution is -0.138. The van der Waals surface area contributed by atoms with E-state index >= 15 is 0 Å². The zero-order valence-electron chi connectivity index (χ0n) is 10.7. The van der Waals surface area contributed by atoms with Gasteiger partial charge >= 0.3 is 5.97 Å². The average Bonchev–Trinajstić information content (AvgIpc) is 2.39. The normalized spacial score (nSPS) is 19.6. The van der Waals surface area contributed by atoms with Gasteiger partial charge in [-0.05, 0) is 12.5 Å². The van der Waals surface area contributed by atoms with Crippen molar-refractivity contribution in [1.82, 2.24) is 9.80 Å². The van der Waals surface area contributed by atoms with Crippen molar-refractivity contribution >= 4 is 5.97 Å². The highest BCUT2D eigenvalue weighted by Gasteiger charge is 2.22. The van der Waals surface area contributed by atoms with E-state index in [1.54, 1.807) is 0 Å². The van der Waals surface area contributed by atoms with Gasteiger partial charge in [-0.15, -0.1) is 0 Å². The molecular weight excluding hydrogens is 228 g/mol. The molecule has 0 spiro atoms. The summed E-state index contributed by atoms with van der Waals surface area (Å²) in [7, 11) is 0. The number of piperazine rings is 1. The van der Waals surface area contributed by atoms with Gasteiger partial charge in [-0.1, -0.05) is 30.3 Å². The van der Waals surface area contributed by atoms with E-state index in [2.05, 4.69) is 36.1 Å². The molecule has 1 aromatic carbocycles. The van der Waals surface area contributed by atoms with E-state index in [1.165, 1.54) is 5.56 Å². The lowest BCUT2D eigenvalue weighted by Gasteiger charge is -2.37. The minimum absolute atomic E-state index is 0.160. The Bertz CT molecular complexity index is 386. The fourth-order valence-electron chi connectivity index (χ4n) is 2.44. The first-order valence-corrected chi connectivity index (χ1v) is 6.40. The Hall–Kier alpha value is -1.39. The maximum Gasteiger partial charge on any atom is 0.317 e. The minimum Gasteiger partial charge on any atom is -0.480 e. The zero-order chi connectivity index (χ0) is 13.0. The van der Waals surface area contributed by atoms with Crippen LogP contribution in [0, 0.1) is 0 Å². The van der Waals surface area contributed by atoms with Crippen molar-refractivity contribution in [2.75, 3.05) is 32.7 Å². The van der Waals surface area contributed by atoms with Gasteiger partial charge in [-0.25, -0.2) is 0 Å². The Kier molecular flexibility index (Phi) is 4.33. The minimum atomic E-state index is -0.737. The van der Waals surface area contributed by atoms with Crippen LogP contribution in [0.3, 0.4) is 0 Å². The van der Waals surface area contributed by atoms with Crippen LogP contribution < -0.4 is 0 Å². The van der Waals surface area contributed by atoms with Gasteiger partial charge in [0.1, 0.15) is 0 Å². The smallest absolute Gasteiger partial charge is 0.317 e. The molecule has 0 aromatic heterocycles. The van der Waals surface area contributed by atoms with Gasteiger partial charge in [0, 0.05) is 32.2 Å². The molecule has 0 aliphatic carbocycles. The molecule has 2 rings (SSSR count). The summed E-state index contributed by atoms with van der Waals surface area (Å²) < 4.78 is 0. The number of carboxylic acid groups (broad SMARTS) is 1. The van der Waals surface area contributed by atoms with E-state index in [1.807, 2.05) is 11.0 Å². The van der Waals surface area contributed by atoms with Crippen LogP contribution in [-0.2, 0) is 4.79 Å². The van der Waals surface area contributed by atoms with Gasteiger partial charge in [0.15, 0.2) is 0 Å². The van der Waals surface area contributed by atoms with Crippen molar-refractivity contribution < 1.29 is 9.90 Å². The summed E-state index contributed by atoms with van der Waals surface area (Å²) >= 11 is 0. The van der Waals surface area contributed by atoms with Crippen molar-refractivity contribution in [3.8, 4) is 0 Å². The molecule has 1 aliphatic heterocycles. The Balaban J connectivity index is 1.88. The molecule has 1 heterocycles. The number of carbonyl (C=O) groups is 1. The van der Waals surface area contributed by atoms with Crippen LogP contribution in [0.1, 0.15) is 18.5 Å². The molecule has 0 bridgehead atoms. The molecular formula is C14H20N2O2. The number of rotatable bonds is 4. The molecule has 1 N–H and O–H groups in total. The average molecular weight is 248 g/mol. The third kappa shape index (κ3) is 3.31. The summed E-state index contributed by atoms with van der Waals surface area (Å²) in [6, 6.07) is 10.8. The number of hydrogen-bond donors (Lipinski definition) is 1. The van der Waals surface area contributed by atoms with E-state index in [9.17, 15) is 4.79 Å². The standard InChI is InChI=1S/C14H20N2O2/c1-12(13-5-3-2-4-6-13)16-9-7-15(8-10-16)11-14(17)18/h2-6,12H,7-11H2,1H3,(H,17,18). The second-order valence-electron chi connectivity index (χ2n) is 4.79. The molecule has 1 atom stereocenters. The first-order chi connectivity index (χ1) is 8.66. The van der Waals surface area contributed by atoms with E-state index < -0.39 is 5.97 Å². The number of benzene rings is 1. The molecule has 0 saturated carbocycles. The summed E-state index contributed by atoms with van der Waals surface area (Å²) in [4.78, 5) is 15.1. The second kappa shape index (κ2) is 5.98. The van der Waals surface area contributed by atoms with Crippen molar-refractivity contribution in [2.24, 2.45) is 0 Å². The second-order valence-corrected chi connectivity index (χ2v) is 4.79. The molecule has 0 amide bonds. The number of nitrogens with zero attached hydrogens (tertiary/aromatic N) is 2. The van der Waals surface area contributed by atoms with E-state index in [4.69, 9.17) is 5.11 Å². The first kappa shape index (κ1) is 13.1. The molecule has 4 heteroatoms. The van der Waals surface area contributed by atoms with E-state index in [0.717, 1.165) is 26.2 Å². The Morgan fingerprint density at radius 1 is 1.22 bits per heavy atom. The lowest BCUT2D eigenvalue weighted by Crippen LogP contribution is -2.48. The van der Waals surface area contributed by atoms with Gasteiger partial charge in [0.25, 0.3) is 0 Å². The van der Waals surface area contributed by atoms with Crippen LogP contribution >= 0.6 is 0 Å². The Morgan fingerprint density at radius 3 is 2.39 bits per heavy atom. The van der Waals surface area contributed by atoms with Crippen LogP contribution in [0.15, 0.2) is 30.3 Å². The predicted molar refractivity (Wildman–Crippen MR) is 70.5 cm³/mol. The Morgan fingerprint density at radius 2 is 1.83 bits per heavy atom. The summed E-state index contributed by atoms with van der Waals surface area (Å²) in [5.74, 6) is -0.737. The van der Waals surface area contributed by atoms with Gasteiger partial charge in [0.05, 0.1) is 6.54 Å². The van der Waals surface area contributed by atoms with Gasteiger partial charge < -0.3 is 5.11 Å². The van der Waals surface area contributed by atoms with Gasteiger partial charge in [0.2, 0.25) is 0 Å². The molecule has 4 nitrogen and oxygen atoms in total. The largest absolute Gasteiger partial charge is 0.480 e. The summed E-state index contributed by atoms with van der Waals surface area (Å²) in [6.45, 7) is 5.91. The lowest BCUT2D eigenvalue weighted by atomic mass is 10.1. The zero-order valence-corrected chi connectivity index (χ0v) is 10.7. The number of aliphatic carboxylic acids is 1. The molecule has 1 aliphatic rings. The molecule has 1 unspecified atom stereocenters. The predicted octanol–water partition coefficient (Wildman–Crippen LogP) is 1.45. The fraction of sp³-hybridized carbons (Fsp3) is 0.500. The van der Waals surface area contributed by atoms with Crippen LogP contribution in [0.2, 0.25) is 0 Å². The topological polar surface area (TPSA) is 43.8 Å². The fourth-order valence-corrected chi connectivity index (χ4v) is 2.44. The highest BCUT2D eigenvalue weighted by Crippen LogP contribution is 2.20. The van der Waals surface area contributed by atoms with Crippen LogP contribution in [-0.4, -0.2) is 53.6 Å². The molecule has 98 valence electrons. The Labute approximate surface area is 108 Å². The third-order valence-corrected chi connectivity index (χ3v) is 3.60. The van der Waals surface area contributed by atoms with Crippen molar-refractivity contribution in [3.05, 3.63) is 35.9 Å². The summed E-state index contributed by atoms with van der Waals surface area (Å²) in [5, 5.41) is 8.76. The third-order valence-electron chi connectivity index (χ3n) is 3.60. The van der Waals surface area contributed by atoms with Gasteiger partial charge in [-0.3, -0.25) is 14.6 Å². The molecule has 1 saturated heterocycles. The van der Waals surface area contributed by atoms with Crippen molar-refractivity contribution in [1.29, 1.82) is 0 Å². The summed E-state index contributed by atoms with van der Waals surface area (Å²) in [5.41, 5.74) is 1.32. The van der Waals surface area contributed by atoms with E-state index in [-0.39, 0.29) is 6.54 Å².